The summed E-state index contributed by atoms with van der Waals surface area (Å²) in [5.74, 6) is -3.02. The Morgan fingerprint density at radius 2 is 1.07 bits per heavy atom. The lowest BCUT2D eigenvalue weighted by Crippen LogP contribution is -2.35. The van der Waals surface area contributed by atoms with Crippen molar-refractivity contribution in [3.63, 3.8) is 0 Å². The van der Waals surface area contributed by atoms with E-state index in [2.05, 4.69) is 62.7 Å². The molecule has 0 N–H and O–H groups in total. The van der Waals surface area contributed by atoms with Crippen molar-refractivity contribution in [2.45, 2.75) is 58.8 Å². The third-order valence-corrected chi connectivity index (χ3v) is 3.51. The van der Waals surface area contributed by atoms with Crippen LogP contribution in [0.1, 0.15) is 58.8 Å². The van der Waals surface area contributed by atoms with E-state index in [9.17, 15) is 19.8 Å². The number of quaternary nitrogens is 2. The number of carboxylic acid groups (broad SMARTS) is 2. The quantitative estimate of drug-likeness (QED) is 0.303. The first kappa shape index (κ1) is 30.3. The molecule has 0 unspecified atom stereocenters. The highest BCUT2D eigenvalue weighted by molar-refractivity contribution is 5.89. The van der Waals surface area contributed by atoms with Crippen LogP contribution in [-0.2, 0) is 9.59 Å². The third-order valence-electron chi connectivity index (χ3n) is 3.51. The van der Waals surface area contributed by atoms with E-state index in [0.717, 1.165) is 8.97 Å². The number of aliphatic carboxylic acids is 2. The van der Waals surface area contributed by atoms with Gasteiger partial charge in [0.15, 0.2) is 0 Å². The Morgan fingerprint density at radius 3 is 1.22 bits per heavy atom. The molecule has 0 heterocycles. The monoisotopic (exact) mass is 388 g/mol. The van der Waals surface area contributed by atoms with Crippen molar-refractivity contribution >= 4 is 11.9 Å². The molecule has 0 aliphatic heterocycles. The van der Waals surface area contributed by atoms with Crippen LogP contribution < -0.4 is 10.2 Å². The summed E-state index contributed by atoms with van der Waals surface area (Å²) in [6.07, 6.45) is 7.51. The minimum Gasteiger partial charge on any atom is -0.550 e. The van der Waals surface area contributed by atoms with E-state index in [1.807, 2.05) is 0 Å². The lowest BCUT2D eigenvalue weighted by Gasteiger charge is -2.23. The Labute approximate surface area is 167 Å². The first-order valence-corrected chi connectivity index (χ1v) is 9.86. The summed E-state index contributed by atoms with van der Waals surface area (Å²) < 4.78 is 2.22. The Bertz CT molecular complexity index is 387. The van der Waals surface area contributed by atoms with E-state index in [1.165, 1.54) is 51.6 Å². The minimum atomic E-state index is -1.56. The van der Waals surface area contributed by atoms with Gasteiger partial charge in [0.25, 0.3) is 0 Å². The average molecular weight is 389 g/mol. The summed E-state index contributed by atoms with van der Waals surface area (Å²) in [6, 6.07) is 0. The Hall–Kier alpha value is -1.40. The standard InChI is InChI=1S/2C8H20N.C5H6O4/c2*1-5-6-7-8-9(2,3)4;1-3(5(8)9)2-4(6)7/h2*5-8H2,1-4H3;1-2H2,(H,6,7)(H,8,9)/q2*+1;/p-2. The summed E-state index contributed by atoms with van der Waals surface area (Å²) in [5.41, 5.74) is -0.477. The molecule has 0 saturated heterocycles. The summed E-state index contributed by atoms with van der Waals surface area (Å²) in [7, 11) is 13.5. The van der Waals surface area contributed by atoms with Crippen LogP contribution in [0.25, 0.3) is 0 Å². The molecule has 0 rings (SSSR count). The molecule has 27 heavy (non-hydrogen) atoms. The number of hydrogen-bond acceptors (Lipinski definition) is 4. The molecule has 0 fully saturated rings. The predicted molar refractivity (Wildman–Crippen MR) is 109 cm³/mol. The molecular weight excluding hydrogens is 344 g/mol. The fraction of sp³-hybridized carbons (Fsp3) is 0.810. The first-order chi connectivity index (χ1) is 12.2. The molecule has 0 bridgehead atoms. The maximum atomic E-state index is 9.73. The lowest BCUT2D eigenvalue weighted by molar-refractivity contribution is -0.870. The highest BCUT2D eigenvalue weighted by Gasteiger charge is 2.04. The molecule has 6 heteroatoms. The van der Waals surface area contributed by atoms with Gasteiger partial charge in [-0.15, -0.1) is 0 Å². The number of rotatable bonds is 11. The van der Waals surface area contributed by atoms with Gasteiger partial charge in [0.2, 0.25) is 0 Å². The molecule has 6 nitrogen and oxygen atoms in total. The van der Waals surface area contributed by atoms with Gasteiger partial charge < -0.3 is 28.8 Å². The molecule has 0 saturated carbocycles. The van der Waals surface area contributed by atoms with Crippen LogP contribution in [0.3, 0.4) is 0 Å². The second-order valence-corrected chi connectivity index (χ2v) is 8.88. The van der Waals surface area contributed by atoms with Gasteiger partial charge in [-0.2, -0.15) is 0 Å². The van der Waals surface area contributed by atoms with Crippen LogP contribution in [0.5, 0.6) is 0 Å². The van der Waals surface area contributed by atoms with Gasteiger partial charge in [-0.1, -0.05) is 33.3 Å². The molecule has 0 aliphatic carbocycles. The SMILES string of the molecule is C=C(CC(=O)[O-])C(=O)[O-].CCCCC[N+](C)(C)C.CCCCC[N+](C)(C)C. The smallest absolute Gasteiger partial charge is 0.0780 e. The van der Waals surface area contributed by atoms with Gasteiger partial charge >= 0.3 is 0 Å². The maximum absolute atomic E-state index is 9.73. The molecule has 0 amide bonds. The van der Waals surface area contributed by atoms with Gasteiger partial charge in [-0.3, -0.25) is 0 Å². The van der Waals surface area contributed by atoms with E-state index < -0.39 is 23.9 Å². The Morgan fingerprint density at radius 1 is 0.741 bits per heavy atom. The zero-order valence-corrected chi connectivity index (χ0v) is 19.1. The number of unbranched alkanes of at least 4 members (excludes halogenated alkanes) is 4. The highest BCUT2D eigenvalue weighted by atomic mass is 16.4. The van der Waals surface area contributed by atoms with Gasteiger partial charge in [-0.05, 0) is 31.3 Å². The van der Waals surface area contributed by atoms with E-state index in [0.29, 0.717) is 0 Å². The Balaban J connectivity index is -0.000000320. The summed E-state index contributed by atoms with van der Waals surface area (Å²) in [5, 5.41) is 19.4. The fourth-order valence-corrected chi connectivity index (χ4v) is 1.92. The van der Waals surface area contributed by atoms with Crippen molar-refractivity contribution in [1.29, 1.82) is 0 Å². The van der Waals surface area contributed by atoms with Gasteiger partial charge in [-0.25, -0.2) is 0 Å². The number of carboxylic acids is 2. The zero-order valence-electron chi connectivity index (χ0n) is 19.1. The van der Waals surface area contributed by atoms with Gasteiger partial charge in [0, 0.05) is 12.4 Å². The van der Waals surface area contributed by atoms with Crippen LogP contribution in [0.4, 0.5) is 0 Å². The average Bonchev–Trinajstić information content (AvgIpc) is 2.46. The second-order valence-electron chi connectivity index (χ2n) is 8.88. The van der Waals surface area contributed by atoms with Crippen molar-refractivity contribution in [1.82, 2.24) is 0 Å². The van der Waals surface area contributed by atoms with Crippen molar-refractivity contribution in [3.05, 3.63) is 12.2 Å². The van der Waals surface area contributed by atoms with Crippen LogP contribution in [0.15, 0.2) is 12.2 Å². The normalized spacial score (nSPS) is 10.8. The third kappa shape index (κ3) is 36.3. The topological polar surface area (TPSA) is 80.3 Å². The van der Waals surface area contributed by atoms with E-state index in [1.54, 1.807) is 0 Å². The van der Waals surface area contributed by atoms with Crippen molar-refractivity contribution in [3.8, 4) is 0 Å². The molecule has 0 aliphatic rings. The predicted octanol–water partition coefficient (Wildman–Crippen LogP) is 1.20. The summed E-state index contributed by atoms with van der Waals surface area (Å²) in [4.78, 5) is 19.4. The molecule has 0 atom stereocenters. The van der Waals surface area contributed by atoms with E-state index in [-0.39, 0.29) is 0 Å². The van der Waals surface area contributed by atoms with Crippen molar-refractivity contribution in [2.24, 2.45) is 0 Å². The molecule has 0 spiro atoms. The van der Waals surface area contributed by atoms with Gasteiger partial charge in [0.1, 0.15) is 0 Å². The number of carbonyl (C=O) groups is 2. The molecular formula is C21H44N2O4. The first-order valence-electron chi connectivity index (χ1n) is 9.86. The number of carbonyl (C=O) groups excluding carboxylic acids is 2. The molecule has 0 aromatic heterocycles. The van der Waals surface area contributed by atoms with Crippen LogP contribution in [0, 0.1) is 0 Å². The molecule has 0 radical (unpaired) electrons. The molecule has 0 aromatic carbocycles. The maximum Gasteiger partial charge on any atom is 0.0780 e. The lowest BCUT2D eigenvalue weighted by atomic mass is 10.2. The minimum absolute atomic E-state index is 0.477. The van der Waals surface area contributed by atoms with Gasteiger partial charge in [0.05, 0.1) is 61.3 Å². The number of nitrogens with zero attached hydrogens (tertiary/aromatic N) is 2. The fourth-order valence-electron chi connectivity index (χ4n) is 1.92. The van der Waals surface area contributed by atoms with Crippen LogP contribution in [-0.4, -0.2) is 76.3 Å². The zero-order chi connectivity index (χ0) is 22.1. The summed E-state index contributed by atoms with van der Waals surface area (Å²) >= 11 is 0. The highest BCUT2D eigenvalue weighted by Crippen LogP contribution is 1.99. The van der Waals surface area contributed by atoms with Crippen molar-refractivity contribution < 1.29 is 28.8 Å². The van der Waals surface area contributed by atoms with E-state index >= 15 is 0 Å². The van der Waals surface area contributed by atoms with Crippen LogP contribution >= 0.6 is 0 Å². The van der Waals surface area contributed by atoms with Crippen LogP contribution in [0.2, 0.25) is 0 Å². The largest absolute Gasteiger partial charge is 0.550 e. The molecule has 0 aromatic rings. The van der Waals surface area contributed by atoms with Crippen molar-refractivity contribution in [2.75, 3.05) is 55.4 Å². The summed E-state index contributed by atoms with van der Waals surface area (Å²) in [6.45, 7) is 10.0. The second kappa shape index (κ2) is 16.8. The molecule has 162 valence electrons. The Kier molecular flexibility index (Phi) is 18.8. The van der Waals surface area contributed by atoms with E-state index in [4.69, 9.17) is 0 Å². The number of hydrogen-bond donors (Lipinski definition) is 0.